The van der Waals surface area contributed by atoms with Gasteiger partial charge in [-0.2, -0.15) is 0 Å². The Balaban J connectivity index is 1.86. The lowest BCUT2D eigenvalue weighted by Gasteiger charge is -2.31. The largest absolute Gasteiger partial charge is 0.466 e. The van der Waals surface area contributed by atoms with Gasteiger partial charge in [-0.05, 0) is 32.9 Å². The van der Waals surface area contributed by atoms with Gasteiger partial charge in [0.15, 0.2) is 10.8 Å². The smallest absolute Gasteiger partial charge is 0.338 e. The number of aliphatic imine (C=N–C) groups is 1. The lowest BCUT2D eigenvalue weighted by atomic mass is 9.94. The predicted octanol–water partition coefficient (Wildman–Crippen LogP) is 3.66. The van der Waals surface area contributed by atoms with Crippen LogP contribution in [0.3, 0.4) is 0 Å². The summed E-state index contributed by atoms with van der Waals surface area (Å²) < 4.78 is 46.2. The number of thiazole rings is 1. The Morgan fingerprint density at radius 2 is 2.09 bits per heavy atom. The fourth-order valence-electron chi connectivity index (χ4n) is 3.89. The molecule has 1 fully saturated rings. The number of carbonyl (C=O) groups is 1. The van der Waals surface area contributed by atoms with Gasteiger partial charge in [0.25, 0.3) is 0 Å². The first-order valence-electron chi connectivity index (χ1n) is 10.5. The quantitative estimate of drug-likeness (QED) is 0.597. The van der Waals surface area contributed by atoms with Crippen LogP contribution < -0.4 is 4.72 Å². The highest BCUT2D eigenvalue weighted by molar-refractivity contribution is 7.90. The summed E-state index contributed by atoms with van der Waals surface area (Å²) in [6.45, 7) is 5.11. The first-order chi connectivity index (χ1) is 15.9. The van der Waals surface area contributed by atoms with Gasteiger partial charge in [-0.1, -0.05) is 17.7 Å². The number of benzene rings is 1. The molecule has 2 atom stereocenters. The van der Waals surface area contributed by atoms with Crippen LogP contribution in [0.1, 0.15) is 43.8 Å². The zero-order valence-electron chi connectivity index (χ0n) is 19.0. The molecule has 3 heterocycles. The Bertz CT molecular complexity index is 1290. The number of rotatable bonds is 5. The summed E-state index contributed by atoms with van der Waals surface area (Å²) in [5, 5.41) is 2.52. The average molecular weight is 527 g/mol. The molecule has 182 valence electrons. The highest BCUT2D eigenvalue weighted by Crippen LogP contribution is 2.42. The molecule has 0 saturated carbocycles. The van der Waals surface area contributed by atoms with E-state index in [1.807, 2.05) is 0 Å². The van der Waals surface area contributed by atoms with E-state index in [-0.39, 0.29) is 23.6 Å². The van der Waals surface area contributed by atoms with E-state index < -0.39 is 38.6 Å². The van der Waals surface area contributed by atoms with Crippen molar-refractivity contribution in [2.75, 3.05) is 13.7 Å². The number of fused-ring (bicyclic) bond motifs is 1. The van der Waals surface area contributed by atoms with Crippen LogP contribution in [0.5, 0.6) is 0 Å². The molecule has 0 unspecified atom stereocenters. The third-order valence-electron chi connectivity index (χ3n) is 5.67. The minimum atomic E-state index is -3.65. The molecular formula is C22H24ClFN4O4S2. The Labute approximate surface area is 206 Å². The molecule has 1 saturated heterocycles. The second-order valence-corrected chi connectivity index (χ2v) is 12.7. The van der Waals surface area contributed by atoms with Crippen molar-refractivity contribution in [3.8, 4) is 0 Å². The first kappa shape index (κ1) is 24.8. The van der Waals surface area contributed by atoms with Gasteiger partial charge in [-0.3, -0.25) is 4.99 Å². The van der Waals surface area contributed by atoms with E-state index in [2.05, 4.69) is 9.71 Å². The highest BCUT2D eigenvalue weighted by atomic mass is 35.5. The molecule has 1 aromatic carbocycles. The normalized spacial score (nSPS) is 20.9. The van der Waals surface area contributed by atoms with Crippen molar-refractivity contribution in [3.05, 3.63) is 62.5 Å². The van der Waals surface area contributed by atoms with Gasteiger partial charge in [-0.25, -0.2) is 27.3 Å². The molecule has 0 aliphatic carbocycles. The van der Waals surface area contributed by atoms with E-state index in [1.165, 1.54) is 30.6 Å². The number of aromatic nitrogens is 1. The number of hydrogen-bond acceptors (Lipinski definition) is 8. The lowest BCUT2D eigenvalue weighted by molar-refractivity contribution is -0.136. The monoisotopic (exact) mass is 526 g/mol. The Kier molecular flexibility index (Phi) is 6.58. The molecule has 0 radical (unpaired) electrons. The molecule has 4 rings (SSSR count). The SMILES string of the molecule is COC(=O)C1=C2C[C@H](NS(=O)(=O)C(C)(C)C)CN2C(c2nccs2)=N[C@H]1c1ccc(F)cc1Cl. The van der Waals surface area contributed by atoms with Crippen LogP contribution in [0.25, 0.3) is 0 Å². The van der Waals surface area contributed by atoms with Gasteiger partial charge in [0.2, 0.25) is 10.0 Å². The maximum absolute atomic E-state index is 13.8. The van der Waals surface area contributed by atoms with E-state index in [9.17, 15) is 17.6 Å². The third kappa shape index (κ3) is 4.49. The number of ether oxygens (including phenoxy) is 1. The minimum Gasteiger partial charge on any atom is -0.466 e. The first-order valence-corrected chi connectivity index (χ1v) is 13.2. The van der Waals surface area contributed by atoms with Gasteiger partial charge >= 0.3 is 5.97 Å². The van der Waals surface area contributed by atoms with E-state index in [0.29, 0.717) is 22.1 Å². The number of carbonyl (C=O) groups excluding carboxylic acids is 1. The summed E-state index contributed by atoms with van der Waals surface area (Å²) >= 11 is 7.72. The third-order valence-corrected chi connectivity index (χ3v) is 9.03. The molecule has 2 aliphatic rings. The molecule has 2 aromatic rings. The van der Waals surface area contributed by atoms with Crippen LogP contribution in [0.4, 0.5) is 4.39 Å². The molecule has 0 amide bonds. The van der Waals surface area contributed by atoms with Crippen molar-refractivity contribution in [1.29, 1.82) is 0 Å². The molecular weight excluding hydrogens is 503 g/mol. The van der Waals surface area contributed by atoms with Crippen molar-refractivity contribution >= 4 is 44.8 Å². The fourth-order valence-corrected chi connectivity index (χ4v) is 5.75. The van der Waals surface area contributed by atoms with Crippen molar-refractivity contribution < 1.29 is 22.3 Å². The second-order valence-electron chi connectivity index (χ2n) is 8.96. The summed E-state index contributed by atoms with van der Waals surface area (Å²) in [5.41, 5.74) is 1.23. The van der Waals surface area contributed by atoms with E-state index >= 15 is 0 Å². The molecule has 1 N–H and O–H groups in total. The van der Waals surface area contributed by atoms with Crippen LogP contribution in [0, 0.1) is 5.82 Å². The van der Waals surface area contributed by atoms with Crippen molar-refractivity contribution in [2.24, 2.45) is 4.99 Å². The molecule has 2 aliphatic heterocycles. The predicted molar refractivity (Wildman–Crippen MR) is 129 cm³/mol. The van der Waals surface area contributed by atoms with Crippen LogP contribution in [-0.2, 0) is 19.6 Å². The lowest BCUT2D eigenvalue weighted by Crippen LogP contribution is -2.46. The number of nitrogens with one attached hydrogen (secondary N) is 1. The zero-order valence-corrected chi connectivity index (χ0v) is 21.4. The molecule has 0 spiro atoms. The number of amidine groups is 1. The summed E-state index contributed by atoms with van der Waals surface area (Å²) in [5.74, 6) is -0.646. The Hall–Kier alpha value is -2.34. The molecule has 1 aromatic heterocycles. The van der Waals surface area contributed by atoms with Crippen molar-refractivity contribution in [1.82, 2.24) is 14.6 Å². The summed E-state index contributed by atoms with van der Waals surface area (Å²) in [7, 11) is -2.38. The van der Waals surface area contributed by atoms with Crippen LogP contribution >= 0.6 is 22.9 Å². The number of halogens is 2. The standard InChI is InChI=1S/C22H24ClFN4O4S2/c1-22(2,3)34(30,31)27-13-10-16-17(21(29)32-4)18(14-6-5-12(24)9-15(14)23)26-19(28(16)11-13)20-25-7-8-33-20/h5-9,13,18,27H,10-11H2,1-4H3/t13-,18-/m0/s1. The number of sulfonamides is 1. The number of esters is 1. The van der Waals surface area contributed by atoms with Gasteiger partial charge in [0.1, 0.15) is 11.9 Å². The number of hydrogen-bond donors (Lipinski definition) is 1. The van der Waals surface area contributed by atoms with Crippen LogP contribution in [-0.4, -0.2) is 54.6 Å². The second kappa shape index (κ2) is 9.03. The number of methoxy groups -OCH3 is 1. The van der Waals surface area contributed by atoms with E-state index in [4.69, 9.17) is 21.3 Å². The molecule has 8 nitrogen and oxygen atoms in total. The Morgan fingerprint density at radius 1 is 1.35 bits per heavy atom. The highest BCUT2D eigenvalue weighted by Gasteiger charge is 2.44. The summed E-state index contributed by atoms with van der Waals surface area (Å²) in [6, 6.07) is 2.52. The molecule has 34 heavy (non-hydrogen) atoms. The van der Waals surface area contributed by atoms with Crippen molar-refractivity contribution in [2.45, 2.75) is 44.0 Å². The van der Waals surface area contributed by atoms with Gasteiger partial charge in [0.05, 0.1) is 17.4 Å². The topological polar surface area (TPSA) is 101 Å². The van der Waals surface area contributed by atoms with E-state index in [0.717, 1.165) is 6.07 Å². The average Bonchev–Trinajstić information content (AvgIpc) is 3.41. The summed E-state index contributed by atoms with van der Waals surface area (Å²) in [6.07, 6.45) is 1.87. The Morgan fingerprint density at radius 3 is 2.68 bits per heavy atom. The van der Waals surface area contributed by atoms with Gasteiger partial charge in [-0.15, -0.1) is 11.3 Å². The van der Waals surface area contributed by atoms with Gasteiger partial charge in [0, 0.05) is 46.9 Å². The summed E-state index contributed by atoms with van der Waals surface area (Å²) in [4.78, 5) is 23.9. The van der Waals surface area contributed by atoms with Crippen LogP contribution in [0.2, 0.25) is 5.02 Å². The molecule has 12 heteroatoms. The number of nitrogens with zero attached hydrogens (tertiary/aromatic N) is 3. The maximum atomic E-state index is 13.8. The fraction of sp³-hybridized carbons (Fsp3) is 0.409. The van der Waals surface area contributed by atoms with Crippen molar-refractivity contribution in [3.63, 3.8) is 0 Å². The molecule has 0 bridgehead atoms. The zero-order chi connectivity index (χ0) is 24.8. The van der Waals surface area contributed by atoms with E-state index in [1.54, 1.807) is 37.2 Å². The van der Waals surface area contributed by atoms with Gasteiger partial charge < -0.3 is 9.64 Å². The maximum Gasteiger partial charge on any atom is 0.338 e. The van der Waals surface area contributed by atoms with Crippen LogP contribution in [0.15, 0.2) is 46.0 Å². The minimum absolute atomic E-state index is 0.116.